The van der Waals surface area contributed by atoms with E-state index in [4.69, 9.17) is 29.4 Å². The predicted molar refractivity (Wildman–Crippen MR) is 239 cm³/mol. The Balaban J connectivity index is 1.20. The van der Waals surface area contributed by atoms with Crippen LogP contribution in [-0.4, -0.2) is 154 Å². The Morgan fingerprint density at radius 1 is 0.708 bits per heavy atom. The first-order chi connectivity index (χ1) is 31.3. The van der Waals surface area contributed by atoms with E-state index in [2.05, 4.69) is 21.3 Å². The molecule has 6 atom stereocenters. The monoisotopic (exact) mass is 915 g/mol. The lowest BCUT2D eigenvalue weighted by atomic mass is 10.0. The van der Waals surface area contributed by atoms with Crippen molar-refractivity contribution in [2.75, 3.05) is 66.3 Å². The smallest absolute Gasteiger partial charge is 0.251 e. The van der Waals surface area contributed by atoms with Gasteiger partial charge in [0.2, 0.25) is 17.7 Å². The minimum absolute atomic E-state index is 0.0217. The Morgan fingerprint density at radius 2 is 1.45 bits per heavy atom. The van der Waals surface area contributed by atoms with E-state index in [9.17, 15) is 44.1 Å². The van der Waals surface area contributed by atoms with E-state index in [0.717, 1.165) is 24.0 Å². The van der Waals surface area contributed by atoms with Crippen LogP contribution < -0.4 is 31.7 Å². The van der Waals surface area contributed by atoms with Crippen LogP contribution >= 0.6 is 0 Å². The minimum atomic E-state index is -1.38. The van der Waals surface area contributed by atoms with E-state index in [1.807, 2.05) is 18.2 Å². The second-order valence-electron chi connectivity index (χ2n) is 15.7. The summed E-state index contributed by atoms with van der Waals surface area (Å²) in [4.78, 5) is 74.1. The molecule has 0 unspecified atom stereocenters. The van der Waals surface area contributed by atoms with Gasteiger partial charge in [-0.05, 0) is 88.0 Å². The van der Waals surface area contributed by atoms with Crippen LogP contribution in [0.2, 0.25) is 0 Å². The lowest BCUT2D eigenvalue weighted by Gasteiger charge is -2.38. The summed E-state index contributed by atoms with van der Waals surface area (Å²) < 4.78 is 27.3. The van der Waals surface area contributed by atoms with Crippen molar-refractivity contribution < 1.29 is 67.8 Å². The van der Waals surface area contributed by atoms with E-state index >= 15 is 0 Å². The highest BCUT2D eigenvalue weighted by atomic mass is 16.7. The van der Waals surface area contributed by atoms with Gasteiger partial charge in [0.05, 0.1) is 38.6 Å². The van der Waals surface area contributed by atoms with Gasteiger partial charge in [0.15, 0.2) is 12.1 Å². The Bertz CT molecular complexity index is 1770. The molecule has 1 aliphatic rings. The number of nitrogens with one attached hydrogen (secondary N) is 4. The van der Waals surface area contributed by atoms with Crippen LogP contribution in [0.5, 0.6) is 5.75 Å². The van der Waals surface area contributed by atoms with E-state index < -0.39 is 42.7 Å². The number of imide groups is 1. The zero-order valence-electron chi connectivity index (χ0n) is 37.6. The molecule has 0 radical (unpaired) electrons. The molecule has 0 saturated carbocycles. The van der Waals surface area contributed by atoms with Crippen molar-refractivity contribution in [1.82, 2.24) is 21.3 Å². The van der Waals surface area contributed by atoms with Gasteiger partial charge in [-0.1, -0.05) is 30.7 Å². The van der Waals surface area contributed by atoms with E-state index in [0.29, 0.717) is 56.7 Å². The summed E-state index contributed by atoms with van der Waals surface area (Å²) in [6.45, 7) is 3.57. The van der Waals surface area contributed by atoms with Crippen molar-refractivity contribution in [2.45, 2.75) is 114 Å². The fraction of sp³-hybridized carbons (Fsp3) is 0.609. The number of carbonyl (C=O) groups is 6. The fourth-order valence-electron chi connectivity index (χ4n) is 6.63. The quantitative estimate of drug-likeness (QED) is 0.0465. The van der Waals surface area contributed by atoms with Gasteiger partial charge in [-0.2, -0.15) is 0 Å². The molecule has 4 amide bonds. The van der Waals surface area contributed by atoms with Crippen molar-refractivity contribution in [3.8, 4) is 16.9 Å². The molecule has 0 bridgehead atoms. The first-order valence-electron chi connectivity index (χ1n) is 22.4. The number of likely N-dealkylation sites (N-methyl/N-ethyl adjacent to an activating group) is 1. The van der Waals surface area contributed by atoms with Crippen LogP contribution in [0.25, 0.3) is 11.1 Å². The lowest BCUT2D eigenvalue weighted by molar-refractivity contribution is -0.294. The number of hydrogen-bond acceptors (Lipinski definition) is 16. The van der Waals surface area contributed by atoms with Gasteiger partial charge in [-0.15, -0.1) is 0 Å². The van der Waals surface area contributed by atoms with Crippen molar-refractivity contribution in [2.24, 2.45) is 5.73 Å². The van der Waals surface area contributed by atoms with Gasteiger partial charge >= 0.3 is 0 Å². The highest BCUT2D eigenvalue weighted by Gasteiger charge is 2.42. The number of amides is 4. The predicted octanol–water partition coefficient (Wildman–Crippen LogP) is 1.07. The number of ether oxygens (including phenoxy) is 5. The molecular weight excluding hydrogens is 847 g/mol. The molecule has 9 N–H and O–H groups in total. The Kier molecular flexibility index (Phi) is 26.3. The lowest BCUT2D eigenvalue weighted by Crippen LogP contribution is -2.57. The maximum absolute atomic E-state index is 12.9. The fourth-order valence-corrected chi connectivity index (χ4v) is 6.63. The molecule has 19 nitrogen and oxygen atoms in total. The standard InChI is InChI=1S/C46H69N5O14/c1-31-41(56)42(57)43(58)46(65-31)63-28-27-62-26-23-49-39(54)20-25-61-24-8-13-36(53)30-64-37-18-16-32(17-19-37)33-9-5-10-34(29-33)44(59)50-22-7-12-35(52)11-6-15-40(55)51-45(60)38(48-2)14-3-4-21-47/h5,9-10,16-19,29,31,38,41-43,46,48,56-58H,3-4,6-8,11-15,20-28,30,47H2,1-2H3,(H,49,54)(H,50,59)(H,51,55,60)/t31-,38-,41-,42+,43+,46+/m0/s1. The molecule has 3 rings (SSSR count). The summed E-state index contributed by atoms with van der Waals surface area (Å²) in [7, 11) is 1.66. The summed E-state index contributed by atoms with van der Waals surface area (Å²) in [5.74, 6) is -0.886. The van der Waals surface area contributed by atoms with Crippen molar-refractivity contribution in [3.05, 3.63) is 54.1 Å². The third-order valence-corrected chi connectivity index (χ3v) is 10.5. The third kappa shape index (κ3) is 21.4. The summed E-state index contributed by atoms with van der Waals surface area (Å²) in [5, 5.41) is 40.4. The summed E-state index contributed by atoms with van der Waals surface area (Å²) >= 11 is 0. The number of unbranched alkanes of at least 4 members (excludes halogenated alkanes) is 1. The molecule has 2 aromatic rings. The van der Waals surface area contributed by atoms with Crippen molar-refractivity contribution in [1.29, 1.82) is 0 Å². The average molecular weight is 916 g/mol. The first-order valence-corrected chi connectivity index (χ1v) is 22.4. The van der Waals surface area contributed by atoms with Gasteiger partial charge in [0.25, 0.3) is 5.91 Å². The van der Waals surface area contributed by atoms with Gasteiger partial charge in [-0.25, -0.2) is 0 Å². The highest BCUT2D eigenvalue weighted by molar-refractivity contribution is 5.98. The van der Waals surface area contributed by atoms with Gasteiger partial charge < -0.3 is 60.7 Å². The van der Waals surface area contributed by atoms with Crippen LogP contribution in [0.15, 0.2) is 48.5 Å². The Labute approximate surface area is 380 Å². The van der Waals surface area contributed by atoms with Crippen molar-refractivity contribution in [3.63, 3.8) is 0 Å². The van der Waals surface area contributed by atoms with Gasteiger partial charge in [-0.3, -0.25) is 34.1 Å². The second kappa shape index (κ2) is 31.3. The Morgan fingerprint density at radius 3 is 2.20 bits per heavy atom. The Hall–Kier alpha value is -4.70. The normalized spacial score (nSPS) is 18.6. The highest BCUT2D eigenvalue weighted by Crippen LogP contribution is 2.24. The number of hydrogen-bond donors (Lipinski definition) is 8. The number of aliphatic hydroxyl groups excluding tert-OH is 3. The molecule has 1 saturated heterocycles. The molecular formula is C46H69N5O14. The van der Waals surface area contributed by atoms with Crippen LogP contribution in [-0.2, 0) is 42.9 Å². The van der Waals surface area contributed by atoms with E-state index in [-0.39, 0.29) is 101 Å². The topological polar surface area (TPSA) is 283 Å². The van der Waals surface area contributed by atoms with Gasteiger partial charge in [0.1, 0.15) is 36.5 Å². The summed E-state index contributed by atoms with van der Waals surface area (Å²) in [6.07, 6.45) is -1.40. The average Bonchev–Trinajstić information content (AvgIpc) is 3.30. The van der Waals surface area contributed by atoms with Crippen molar-refractivity contribution >= 4 is 35.2 Å². The SMILES string of the molecule is CN[C@@H](CCCCN)C(=O)NC(=O)CCCC(=O)CCCNC(=O)c1cccc(-c2ccc(OCC(=O)CCCOCCC(=O)NCCOCCO[C@@H]3O[C@@H](C)[C@H](O)[C@@H](O)[C@H]3O)cc2)c1. The van der Waals surface area contributed by atoms with Crippen LogP contribution in [0, 0.1) is 0 Å². The second-order valence-corrected chi connectivity index (χ2v) is 15.7. The largest absolute Gasteiger partial charge is 0.486 e. The number of aliphatic hydroxyl groups is 3. The summed E-state index contributed by atoms with van der Waals surface area (Å²) in [6, 6.07) is 13.8. The number of rotatable bonds is 33. The van der Waals surface area contributed by atoms with E-state index in [1.54, 1.807) is 44.3 Å². The molecule has 0 spiro atoms. The van der Waals surface area contributed by atoms with E-state index in [1.165, 1.54) is 0 Å². The first kappa shape index (κ1) is 54.6. The molecule has 2 aromatic carbocycles. The maximum Gasteiger partial charge on any atom is 0.251 e. The maximum atomic E-state index is 12.9. The zero-order chi connectivity index (χ0) is 47.4. The van der Waals surface area contributed by atoms with Crippen LogP contribution in [0.1, 0.15) is 87.9 Å². The molecule has 1 aliphatic heterocycles. The van der Waals surface area contributed by atoms with Gasteiger partial charge in [0, 0.05) is 57.4 Å². The van der Waals surface area contributed by atoms with Crippen LogP contribution in [0.4, 0.5) is 0 Å². The molecule has 1 heterocycles. The molecule has 0 aliphatic carbocycles. The molecule has 19 heteroatoms. The zero-order valence-corrected chi connectivity index (χ0v) is 37.6. The summed E-state index contributed by atoms with van der Waals surface area (Å²) in [5.41, 5.74) is 7.62. The molecule has 362 valence electrons. The molecule has 65 heavy (non-hydrogen) atoms. The minimum Gasteiger partial charge on any atom is -0.486 e. The van der Waals surface area contributed by atoms with Crippen LogP contribution in [0.3, 0.4) is 0 Å². The number of nitrogens with two attached hydrogens (primary N) is 1. The number of benzene rings is 2. The number of Topliss-reactive ketones (excluding diaryl/α,β-unsaturated/α-hetero) is 2. The number of carbonyl (C=O) groups excluding carboxylic acids is 6. The molecule has 1 fully saturated rings. The third-order valence-electron chi connectivity index (χ3n) is 10.5. The number of ketones is 2. The molecule has 0 aromatic heterocycles.